The second kappa shape index (κ2) is 10.9. The maximum absolute atomic E-state index is 16.9. The molecule has 1 N–H and O–H groups in total. The number of piperazine rings is 1. The van der Waals surface area contributed by atoms with Crippen LogP contribution in [0.4, 0.5) is 24.7 Å². The van der Waals surface area contributed by atoms with E-state index in [0.717, 1.165) is 12.1 Å². The number of pyridine rings is 1. The molecule has 234 valence electrons. The predicted octanol–water partition coefficient (Wildman–Crippen LogP) is 5.04. The zero-order valence-electron chi connectivity index (χ0n) is 25.6. The first-order valence-corrected chi connectivity index (χ1v) is 14.7. The lowest BCUT2D eigenvalue weighted by Gasteiger charge is -2.45. The zero-order chi connectivity index (χ0) is 32.5. The van der Waals surface area contributed by atoms with Crippen LogP contribution in [-0.4, -0.2) is 69.2 Å². The van der Waals surface area contributed by atoms with Crippen molar-refractivity contribution >= 4 is 28.3 Å². The summed E-state index contributed by atoms with van der Waals surface area (Å²) in [5.41, 5.74) is 0.151. The molecule has 0 aliphatic carbocycles. The van der Waals surface area contributed by atoms with Crippen molar-refractivity contribution in [2.24, 2.45) is 0 Å². The average Bonchev–Trinajstić information content (AvgIpc) is 3.11. The van der Waals surface area contributed by atoms with Gasteiger partial charge in [0.25, 0.3) is 0 Å². The molecule has 4 aromatic rings. The van der Waals surface area contributed by atoms with Gasteiger partial charge in [-0.3, -0.25) is 14.3 Å². The Morgan fingerprint density at radius 2 is 1.84 bits per heavy atom. The lowest BCUT2D eigenvalue weighted by molar-refractivity contribution is -0.128. The molecule has 6 rings (SSSR count). The van der Waals surface area contributed by atoms with Crippen LogP contribution >= 0.6 is 0 Å². The van der Waals surface area contributed by atoms with Crippen molar-refractivity contribution in [3.8, 4) is 22.6 Å². The van der Waals surface area contributed by atoms with Gasteiger partial charge in [0.05, 0.1) is 39.6 Å². The van der Waals surface area contributed by atoms with E-state index in [2.05, 4.69) is 16.5 Å². The summed E-state index contributed by atoms with van der Waals surface area (Å²) in [4.78, 5) is 41.2. The molecule has 12 heteroatoms. The number of aryl methyl sites for hydroxylation is 1. The Bertz CT molecular complexity index is 1960. The van der Waals surface area contributed by atoms with E-state index in [1.165, 1.54) is 16.7 Å². The van der Waals surface area contributed by atoms with E-state index in [1.54, 1.807) is 29.1 Å². The summed E-state index contributed by atoms with van der Waals surface area (Å²) in [6.45, 7) is 11.9. The Kier molecular flexibility index (Phi) is 7.33. The van der Waals surface area contributed by atoms with Crippen LogP contribution in [0.3, 0.4) is 0 Å². The summed E-state index contributed by atoms with van der Waals surface area (Å²) in [6, 6.07) is 4.04. The molecule has 9 nitrogen and oxygen atoms in total. The first-order chi connectivity index (χ1) is 21.3. The topological polar surface area (TPSA) is 94.8 Å². The van der Waals surface area contributed by atoms with Gasteiger partial charge < -0.3 is 19.8 Å². The Morgan fingerprint density at radius 3 is 2.53 bits per heavy atom. The monoisotopic (exact) mass is 618 g/mol. The minimum Gasteiger partial charge on any atom is -0.507 e. The van der Waals surface area contributed by atoms with Gasteiger partial charge in [0.15, 0.2) is 17.5 Å². The smallest absolute Gasteiger partial charge is 0.354 e. The number of fused-ring (bicyclic) bond motifs is 2. The molecule has 1 fully saturated rings. The molecule has 1 amide bonds. The van der Waals surface area contributed by atoms with Crippen LogP contribution in [-0.2, 0) is 4.79 Å². The molecule has 0 spiro atoms. The Morgan fingerprint density at radius 1 is 1.11 bits per heavy atom. The van der Waals surface area contributed by atoms with Gasteiger partial charge in [0, 0.05) is 44.5 Å². The molecular weight excluding hydrogens is 585 g/mol. The second-order valence-electron chi connectivity index (χ2n) is 12.0. The summed E-state index contributed by atoms with van der Waals surface area (Å²) < 4.78 is 48.1. The number of carbonyl (C=O) groups excluding carboxylic acids is 1. The van der Waals surface area contributed by atoms with E-state index in [0.29, 0.717) is 23.5 Å². The fourth-order valence-corrected chi connectivity index (χ4v) is 6.66. The standard InChI is InChI=1S/C33H33F3N6O3/c1-7-24(44)40-15-19-14-39(6)31-26-22(12-20(27(31)35)25-23(43)9-8-21(34)28(25)36)42(30-17(4)10-11-37-29(30)16(2)3)33(45)38-32(26)41(19)13-18(40)5/h7-12,16,18-19,43H,1,13-15H2,2-6H3. The summed E-state index contributed by atoms with van der Waals surface area (Å²) in [5, 5.41) is 11.0. The van der Waals surface area contributed by atoms with E-state index >= 15 is 8.78 Å². The number of aromatic nitrogens is 3. The number of hydrogen-bond acceptors (Lipinski definition) is 7. The lowest BCUT2D eigenvalue weighted by atomic mass is 9.98. The number of likely N-dealkylation sites (N-methyl/N-ethyl adjacent to an activating group) is 1. The van der Waals surface area contributed by atoms with Crippen LogP contribution in [0.1, 0.15) is 37.9 Å². The predicted molar refractivity (Wildman–Crippen MR) is 167 cm³/mol. The van der Waals surface area contributed by atoms with E-state index in [9.17, 15) is 19.1 Å². The minimum absolute atomic E-state index is 0.00176. The van der Waals surface area contributed by atoms with Crippen molar-refractivity contribution in [2.45, 2.75) is 45.7 Å². The molecule has 0 saturated carbocycles. The molecule has 4 heterocycles. The van der Waals surface area contributed by atoms with Gasteiger partial charge in [-0.1, -0.05) is 20.4 Å². The van der Waals surface area contributed by atoms with Crippen LogP contribution in [0.25, 0.3) is 27.7 Å². The van der Waals surface area contributed by atoms with Crippen molar-refractivity contribution in [2.75, 3.05) is 36.5 Å². The average molecular weight is 619 g/mol. The van der Waals surface area contributed by atoms with Crippen molar-refractivity contribution in [3.63, 3.8) is 0 Å². The number of anilines is 2. The van der Waals surface area contributed by atoms with Gasteiger partial charge in [-0.2, -0.15) is 4.98 Å². The molecule has 2 aliphatic heterocycles. The van der Waals surface area contributed by atoms with Crippen molar-refractivity contribution in [1.29, 1.82) is 0 Å². The third kappa shape index (κ3) is 4.61. The third-order valence-corrected chi connectivity index (χ3v) is 8.78. The molecule has 0 bridgehead atoms. The Hall–Kier alpha value is -4.87. The SMILES string of the molecule is C=CC(=O)N1CC2CN(C)c3c(F)c(-c4c(O)ccc(F)c4F)cc4c3c(nc(=O)n4-c3c(C)ccnc3C(C)C)N2CC1C. The third-order valence-electron chi connectivity index (χ3n) is 8.78. The maximum atomic E-state index is 16.9. The summed E-state index contributed by atoms with van der Waals surface area (Å²) in [7, 11) is 1.65. The molecule has 2 aromatic heterocycles. The molecule has 2 aromatic carbocycles. The van der Waals surface area contributed by atoms with Crippen LogP contribution < -0.4 is 15.5 Å². The molecule has 0 radical (unpaired) electrons. The molecular formula is C33H33F3N6O3. The Balaban J connectivity index is 1.76. The number of phenolic OH excluding ortho intramolecular Hbond substituents is 1. The molecule has 45 heavy (non-hydrogen) atoms. The van der Waals surface area contributed by atoms with E-state index in [1.807, 2.05) is 32.6 Å². The Labute approximate surface area is 257 Å². The number of aromatic hydroxyl groups is 1. The van der Waals surface area contributed by atoms with E-state index < -0.39 is 46.1 Å². The number of rotatable bonds is 4. The van der Waals surface area contributed by atoms with E-state index in [4.69, 9.17) is 0 Å². The number of hydrogen-bond donors (Lipinski definition) is 1. The normalized spacial score (nSPS) is 17.9. The molecule has 2 atom stereocenters. The zero-order valence-corrected chi connectivity index (χ0v) is 25.6. The maximum Gasteiger partial charge on any atom is 0.354 e. The number of benzene rings is 2. The molecule has 2 aliphatic rings. The molecule has 2 unspecified atom stereocenters. The highest BCUT2D eigenvalue weighted by atomic mass is 19.2. The number of nitrogens with zero attached hydrogens (tertiary/aromatic N) is 6. The lowest BCUT2D eigenvalue weighted by Crippen LogP contribution is -2.61. The first-order valence-electron chi connectivity index (χ1n) is 14.7. The number of halogens is 3. The first kappa shape index (κ1) is 30.2. The van der Waals surface area contributed by atoms with Gasteiger partial charge in [-0.15, -0.1) is 0 Å². The van der Waals surface area contributed by atoms with Crippen LogP contribution in [0.2, 0.25) is 0 Å². The largest absolute Gasteiger partial charge is 0.507 e. The van der Waals surface area contributed by atoms with Crippen molar-refractivity contribution in [1.82, 2.24) is 19.4 Å². The van der Waals surface area contributed by atoms with E-state index in [-0.39, 0.29) is 53.4 Å². The van der Waals surface area contributed by atoms with Gasteiger partial charge in [-0.25, -0.2) is 18.0 Å². The quantitative estimate of drug-likeness (QED) is 0.320. The van der Waals surface area contributed by atoms with Crippen LogP contribution in [0, 0.1) is 24.4 Å². The molecule has 1 saturated heterocycles. The van der Waals surface area contributed by atoms with Crippen LogP contribution in [0.5, 0.6) is 5.75 Å². The summed E-state index contributed by atoms with van der Waals surface area (Å²) in [5.74, 6) is -4.43. The van der Waals surface area contributed by atoms with Gasteiger partial charge in [0.1, 0.15) is 11.6 Å². The second-order valence-corrected chi connectivity index (χ2v) is 12.0. The highest BCUT2D eigenvalue weighted by Crippen LogP contribution is 2.46. The van der Waals surface area contributed by atoms with Crippen LogP contribution in [0.15, 0.2) is 47.9 Å². The fraction of sp³-hybridized carbons (Fsp3) is 0.333. The van der Waals surface area contributed by atoms with Gasteiger partial charge in [-0.05, 0) is 55.7 Å². The van der Waals surface area contributed by atoms with Crippen molar-refractivity contribution < 1.29 is 23.1 Å². The number of amides is 1. The highest BCUT2D eigenvalue weighted by molar-refractivity contribution is 6.05. The van der Waals surface area contributed by atoms with Gasteiger partial charge in [0.2, 0.25) is 5.91 Å². The summed E-state index contributed by atoms with van der Waals surface area (Å²) in [6.07, 6.45) is 2.88. The highest BCUT2D eigenvalue weighted by Gasteiger charge is 2.40. The number of phenols is 1. The number of carbonyl (C=O) groups is 1. The minimum atomic E-state index is -1.43. The summed E-state index contributed by atoms with van der Waals surface area (Å²) >= 11 is 0. The fourth-order valence-electron chi connectivity index (χ4n) is 6.66. The van der Waals surface area contributed by atoms with Gasteiger partial charge >= 0.3 is 5.69 Å². The van der Waals surface area contributed by atoms with Crippen molar-refractivity contribution in [3.05, 3.63) is 82.3 Å².